The summed E-state index contributed by atoms with van der Waals surface area (Å²) in [7, 11) is 0. The van der Waals surface area contributed by atoms with Crippen LogP contribution < -0.4 is 16.0 Å². The van der Waals surface area contributed by atoms with Crippen molar-refractivity contribution in [2.75, 3.05) is 4.90 Å². The highest BCUT2D eigenvalue weighted by molar-refractivity contribution is 6.37. The molecule has 212 valence electrons. The van der Waals surface area contributed by atoms with Gasteiger partial charge in [-0.25, -0.2) is 4.79 Å². The number of hydrogen-bond acceptors (Lipinski definition) is 5. The number of nitrogens with two attached hydrogens (primary N) is 1. The lowest BCUT2D eigenvalue weighted by Crippen LogP contribution is -2.63. The van der Waals surface area contributed by atoms with Gasteiger partial charge < -0.3 is 16.2 Å². The van der Waals surface area contributed by atoms with E-state index in [0.717, 1.165) is 50.5 Å². The first kappa shape index (κ1) is 28.6. The smallest absolute Gasteiger partial charge is 0.408 e. The average molecular weight is 541 g/mol. The Balaban J connectivity index is 1.70. The number of Topliss-reactive ketones (excluding diaryl/α,β-unsaturated/α-hetero) is 1. The molecule has 4 rings (SSSR count). The van der Waals surface area contributed by atoms with Gasteiger partial charge in [0.2, 0.25) is 11.7 Å². The fourth-order valence-electron chi connectivity index (χ4n) is 6.16. The van der Waals surface area contributed by atoms with Crippen LogP contribution in [0.3, 0.4) is 0 Å². The Labute approximate surface area is 229 Å². The molecule has 39 heavy (non-hydrogen) atoms. The van der Waals surface area contributed by atoms with E-state index in [9.17, 15) is 29.1 Å². The summed E-state index contributed by atoms with van der Waals surface area (Å²) in [5, 5.41) is 13.0. The van der Waals surface area contributed by atoms with E-state index in [4.69, 9.17) is 5.73 Å². The zero-order valence-corrected chi connectivity index (χ0v) is 23.0. The van der Waals surface area contributed by atoms with Crippen LogP contribution in [0.25, 0.3) is 0 Å². The summed E-state index contributed by atoms with van der Waals surface area (Å²) in [6, 6.07) is 4.19. The second-order valence-corrected chi connectivity index (χ2v) is 12.2. The highest BCUT2D eigenvalue weighted by Crippen LogP contribution is 2.39. The van der Waals surface area contributed by atoms with Crippen LogP contribution >= 0.6 is 0 Å². The van der Waals surface area contributed by atoms with E-state index in [2.05, 4.69) is 5.32 Å². The van der Waals surface area contributed by atoms with Gasteiger partial charge in [0.15, 0.2) is 0 Å². The van der Waals surface area contributed by atoms with Crippen molar-refractivity contribution < 1.29 is 29.1 Å². The number of rotatable bonds is 9. The van der Waals surface area contributed by atoms with Crippen LogP contribution in [0.4, 0.5) is 10.5 Å². The molecule has 10 heteroatoms. The van der Waals surface area contributed by atoms with Gasteiger partial charge in [-0.1, -0.05) is 50.3 Å². The standard InChI is InChI=1S/C29H40N4O6/c1-29(2,3)33(28(38)39)23(18-9-5-4-6-10-18)27(37)32-21-12-8-7-11-19(21)16-22(32)26(36)31-20(15-17-13-14-17)24(34)25(30)35/h7-8,11-12,17-18,20,22-23H,4-6,9-10,13-16H2,1-3H3,(H2,30,35)(H,31,36)(H,38,39)/t20?,22-,23-/m0/s1. The molecule has 0 spiro atoms. The predicted molar refractivity (Wildman–Crippen MR) is 145 cm³/mol. The number of ketones is 1. The third-order valence-corrected chi connectivity index (χ3v) is 8.21. The van der Waals surface area contributed by atoms with Crippen molar-refractivity contribution >= 4 is 35.3 Å². The van der Waals surface area contributed by atoms with Crippen molar-refractivity contribution in [1.29, 1.82) is 0 Å². The number of anilines is 1. The number of benzene rings is 1. The first-order valence-electron chi connectivity index (χ1n) is 14.0. The Morgan fingerprint density at radius 3 is 2.26 bits per heavy atom. The molecular weight excluding hydrogens is 500 g/mol. The lowest BCUT2D eigenvalue weighted by Gasteiger charge is -2.45. The van der Waals surface area contributed by atoms with Crippen LogP contribution in [-0.2, 0) is 25.6 Å². The maximum Gasteiger partial charge on any atom is 0.408 e. The first-order chi connectivity index (χ1) is 18.4. The van der Waals surface area contributed by atoms with Crippen molar-refractivity contribution in [2.45, 2.75) is 102 Å². The maximum atomic E-state index is 14.5. The summed E-state index contributed by atoms with van der Waals surface area (Å²) in [5.74, 6) is -2.90. The number of nitrogens with one attached hydrogen (secondary N) is 1. The Hall–Kier alpha value is -3.43. The van der Waals surface area contributed by atoms with Gasteiger partial charge in [0, 0.05) is 17.6 Å². The number of para-hydroxylation sites is 1. The number of nitrogens with zero attached hydrogens (tertiary/aromatic N) is 2. The number of fused-ring (bicyclic) bond motifs is 1. The second kappa shape index (κ2) is 11.4. The zero-order chi connectivity index (χ0) is 28.5. The normalized spacial score (nSPS) is 21.0. The van der Waals surface area contributed by atoms with Gasteiger partial charge in [-0.15, -0.1) is 0 Å². The molecule has 3 aliphatic rings. The molecule has 0 aromatic heterocycles. The van der Waals surface area contributed by atoms with Crippen molar-refractivity contribution in [2.24, 2.45) is 17.6 Å². The lowest BCUT2D eigenvalue weighted by atomic mass is 9.81. The second-order valence-electron chi connectivity index (χ2n) is 12.2. The molecule has 3 atom stereocenters. The quantitative estimate of drug-likeness (QED) is 0.410. The summed E-state index contributed by atoms with van der Waals surface area (Å²) in [6.45, 7) is 5.30. The molecule has 1 aromatic carbocycles. The molecule has 2 aliphatic carbocycles. The minimum absolute atomic E-state index is 0.183. The molecule has 1 aromatic rings. The van der Waals surface area contributed by atoms with Crippen LogP contribution in [0.2, 0.25) is 0 Å². The monoisotopic (exact) mass is 540 g/mol. The van der Waals surface area contributed by atoms with E-state index in [-0.39, 0.29) is 18.3 Å². The molecule has 2 fully saturated rings. The van der Waals surface area contributed by atoms with Crippen LogP contribution in [-0.4, -0.2) is 63.3 Å². The van der Waals surface area contributed by atoms with Crippen molar-refractivity contribution in [3.8, 4) is 0 Å². The van der Waals surface area contributed by atoms with E-state index in [1.54, 1.807) is 32.9 Å². The van der Waals surface area contributed by atoms with E-state index >= 15 is 0 Å². The van der Waals surface area contributed by atoms with Crippen molar-refractivity contribution in [1.82, 2.24) is 10.2 Å². The molecule has 0 bridgehead atoms. The van der Waals surface area contributed by atoms with Gasteiger partial charge in [0.05, 0.1) is 6.04 Å². The topological polar surface area (TPSA) is 150 Å². The highest BCUT2D eigenvalue weighted by Gasteiger charge is 2.49. The SMILES string of the molecule is CC(C)(C)N(C(=O)O)[C@H](C(=O)N1c2ccccc2C[C@H]1C(=O)NC(CC1CC1)C(=O)C(N)=O)C1CCCCC1. The number of primary amides is 1. The Kier molecular flexibility index (Phi) is 8.32. The fraction of sp³-hybridized carbons (Fsp3) is 0.621. The van der Waals surface area contributed by atoms with Gasteiger partial charge in [-0.2, -0.15) is 0 Å². The summed E-state index contributed by atoms with van der Waals surface area (Å²) in [4.78, 5) is 67.8. The molecule has 1 heterocycles. The lowest BCUT2D eigenvalue weighted by molar-refractivity contribution is -0.139. The third kappa shape index (κ3) is 6.25. The third-order valence-electron chi connectivity index (χ3n) is 8.21. The number of carbonyl (C=O) groups excluding carboxylic acids is 4. The van der Waals surface area contributed by atoms with Crippen LogP contribution in [0, 0.1) is 11.8 Å². The fourth-order valence-corrected chi connectivity index (χ4v) is 6.16. The van der Waals surface area contributed by atoms with Crippen molar-refractivity contribution in [3.05, 3.63) is 29.8 Å². The van der Waals surface area contributed by atoms with Crippen molar-refractivity contribution in [3.63, 3.8) is 0 Å². The highest BCUT2D eigenvalue weighted by atomic mass is 16.4. The molecule has 0 radical (unpaired) electrons. The van der Waals surface area contributed by atoms with Crippen LogP contribution in [0.1, 0.15) is 77.7 Å². The molecule has 4 amide bonds. The van der Waals surface area contributed by atoms with Gasteiger partial charge in [-0.3, -0.25) is 29.0 Å². The average Bonchev–Trinajstić information content (AvgIpc) is 3.61. The van der Waals surface area contributed by atoms with E-state index in [1.807, 2.05) is 12.1 Å². The number of hydrogen-bond donors (Lipinski definition) is 3. The van der Waals surface area contributed by atoms with Crippen LogP contribution in [0.5, 0.6) is 0 Å². The first-order valence-corrected chi connectivity index (χ1v) is 14.0. The van der Waals surface area contributed by atoms with Gasteiger partial charge in [-0.05, 0) is 63.5 Å². The number of amides is 4. The number of carbonyl (C=O) groups is 5. The zero-order valence-electron chi connectivity index (χ0n) is 23.0. The van der Waals surface area contributed by atoms with Gasteiger partial charge >= 0.3 is 6.09 Å². The molecule has 10 nitrogen and oxygen atoms in total. The minimum atomic E-state index is -1.18. The number of carboxylic acid groups (broad SMARTS) is 1. The Bertz CT molecular complexity index is 1130. The van der Waals surface area contributed by atoms with Crippen LogP contribution in [0.15, 0.2) is 24.3 Å². The molecule has 1 unspecified atom stereocenters. The summed E-state index contributed by atoms with van der Waals surface area (Å²) >= 11 is 0. The van der Waals surface area contributed by atoms with Gasteiger partial charge in [0.25, 0.3) is 11.8 Å². The Morgan fingerprint density at radius 2 is 1.69 bits per heavy atom. The maximum absolute atomic E-state index is 14.5. The predicted octanol–water partition coefficient (Wildman–Crippen LogP) is 3.01. The molecular formula is C29H40N4O6. The molecule has 4 N–H and O–H groups in total. The molecule has 1 aliphatic heterocycles. The van der Waals surface area contributed by atoms with E-state index in [0.29, 0.717) is 12.1 Å². The molecule has 0 saturated heterocycles. The molecule has 2 saturated carbocycles. The Morgan fingerprint density at radius 1 is 1.05 bits per heavy atom. The largest absolute Gasteiger partial charge is 0.465 e. The summed E-state index contributed by atoms with van der Waals surface area (Å²) in [5.41, 5.74) is 5.75. The minimum Gasteiger partial charge on any atom is -0.465 e. The van der Waals surface area contributed by atoms with E-state index < -0.39 is 53.3 Å². The summed E-state index contributed by atoms with van der Waals surface area (Å²) < 4.78 is 0. The van der Waals surface area contributed by atoms with Gasteiger partial charge in [0.1, 0.15) is 12.1 Å². The van der Waals surface area contributed by atoms with E-state index in [1.165, 1.54) is 9.80 Å². The summed E-state index contributed by atoms with van der Waals surface area (Å²) in [6.07, 6.45) is 5.48.